The lowest BCUT2D eigenvalue weighted by atomic mass is 9.83. The van der Waals surface area contributed by atoms with E-state index in [1.165, 1.54) is 0 Å². The van der Waals surface area contributed by atoms with Crippen LogP contribution in [0.2, 0.25) is 54.4 Å². The van der Waals surface area contributed by atoms with Gasteiger partial charge in [-0.3, -0.25) is 0 Å². The molecule has 2 saturated heterocycles. The Morgan fingerprint density at radius 3 is 2.00 bits per heavy atom. The van der Waals surface area contributed by atoms with Gasteiger partial charge in [-0.05, 0) is 97.3 Å². The van der Waals surface area contributed by atoms with Crippen molar-refractivity contribution in [3.05, 3.63) is 42.5 Å². The quantitative estimate of drug-likeness (QED) is 0.0686. The highest BCUT2D eigenvalue weighted by Gasteiger charge is 2.50. The summed E-state index contributed by atoms with van der Waals surface area (Å²) in [4.78, 5) is 0.314. The van der Waals surface area contributed by atoms with Crippen LogP contribution in [0.4, 0.5) is 0 Å². The summed E-state index contributed by atoms with van der Waals surface area (Å²) in [6.07, 6.45) is 2.22. The number of rotatable bonds is 21. The van der Waals surface area contributed by atoms with Crippen molar-refractivity contribution in [1.29, 1.82) is 0 Å². The molecule has 2 unspecified atom stereocenters. The van der Waals surface area contributed by atoms with Gasteiger partial charge in [0.2, 0.25) is 0 Å². The molecule has 0 N–H and O–H groups in total. The smallest absolute Gasteiger partial charge is 0.192 e. The van der Waals surface area contributed by atoms with Crippen molar-refractivity contribution in [2.75, 3.05) is 26.1 Å². The molecule has 1 aromatic rings. The molecule has 12 heteroatoms. The number of methoxy groups -OCH3 is 1. The van der Waals surface area contributed by atoms with Crippen molar-refractivity contribution in [3.8, 4) is 0 Å². The van der Waals surface area contributed by atoms with Gasteiger partial charge in [-0.25, -0.2) is 8.42 Å². The molecule has 0 aliphatic carbocycles. The zero-order valence-corrected chi connectivity index (χ0v) is 42.0. The maximum atomic E-state index is 14.1. The zero-order chi connectivity index (χ0) is 42.3. The monoisotopic (exact) mass is 855 g/mol. The Kier molecular flexibility index (Phi) is 18.0. The maximum absolute atomic E-state index is 14.1. The zero-order valence-electron chi connectivity index (χ0n) is 38.2. The van der Waals surface area contributed by atoms with Crippen molar-refractivity contribution in [2.45, 2.75) is 197 Å². The summed E-state index contributed by atoms with van der Waals surface area (Å²) in [5.74, 6) is -0.217. The second-order valence-corrected chi connectivity index (χ2v) is 36.3. The molecule has 0 aromatic heterocycles. The fraction of sp³-hybridized carbons (Fsp3) is 0.818. The lowest BCUT2D eigenvalue weighted by molar-refractivity contribution is -0.0759. The molecule has 3 rings (SSSR count). The summed E-state index contributed by atoms with van der Waals surface area (Å²) in [7, 11) is -7.92. The number of hydrogen-bond donors (Lipinski definition) is 0. The molecular weight excluding hydrogens is 773 g/mol. The van der Waals surface area contributed by atoms with Gasteiger partial charge in [-0.1, -0.05) is 94.0 Å². The highest BCUT2D eigenvalue weighted by atomic mass is 32.2. The molecule has 2 heterocycles. The van der Waals surface area contributed by atoms with Crippen LogP contribution in [0.15, 0.2) is 47.4 Å². The Morgan fingerprint density at radius 2 is 1.46 bits per heavy atom. The van der Waals surface area contributed by atoms with Gasteiger partial charge in [0.15, 0.2) is 34.8 Å². The average Bonchev–Trinajstić information content (AvgIpc) is 3.42. The molecule has 0 saturated carbocycles. The minimum absolute atomic E-state index is 0.000640. The van der Waals surface area contributed by atoms with Crippen molar-refractivity contribution in [2.24, 2.45) is 11.8 Å². The molecular formula is C44H82O8SSi3. The van der Waals surface area contributed by atoms with E-state index in [2.05, 4.69) is 102 Å². The Labute approximate surface area is 346 Å². The molecule has 0 radical (unpaired) electrons. The second-order valence-electron chi connectivity index (χ2n) is 19.9. The molecule has 1 aromatic carbocycles. The normalized spacial score (nSPS) is 26.5. The standard InChI is InChI=1S/C44H82O8SSi3/c1-17-56(18-2,19-3)48-27-23-24-35-28-33(4)34(5)39(50-35)30-40-38(32-53(45,46)37-25-21-20-22-26-37)42(47-12)41(51-40)29-36(52-55(15,16)44(9,10)11)31-49-54(13,14)43(6,7)8/h20-22,25-26,33,35-36,38-42H,5,17-19,23-24,27-32H2,1-4,6-16H3/t33-,35+,36?,38+,39-,40+,41?,42-/m1/s1. The van der Waals surface area contributed by atoms with Crippen LogP contribution in [-0.4, -0.2) is 96.1 Å². The Morgan fingerprint density at radius 1 is 0.875 bits per heavy atom. The largest absolute Gasteiger partial charge is 0.417 e. The van der Waals surface area contributed by atoms with Crippen molar-refractivity contribution >= 4 is 34.8 Å². The maximum Gasteiger partial charge on any atom is 0.192 e. The van der Waals surface area contributed by atoms with Gasteiger partial charge in [-0.15, -0.1) is 0 Å². The van der Waals surface area contributed by atoms with Crippen LogP contribution in [0, 0.1) is 11.8 Å². The number of benzene rings is 1. The summed E-state index contributed by atoms with van der Waals surface area (Å²) in [6.45, 7) is 37.4. The lowest BCUT2D eigenvalue weighted by Gasteiger charge is -2.42. The van der Waals surface area contributed by atoms with E-state index >= 15 is 0 Å². The van der Waals surface area contributed by atoms with Crippen LogP contribution in [0.5, 0.6) is 0 Å². The van der Waals surface area contributed by atoms with E-state index < -0.39 is 52.9 Å². The molecule has 2 fully saturated rings. The summed E-state index contributed by atoms with van der Waals surface area (Å²) in [5, 5.41) is 0.0477. The van der Waals surface area contributed by atoms with Crippen LogP contribution < -0.4 is 0 Å². The topological polar surface area (TPSA) is 89.5 Å². The minimum Gasteiger partial charge on any atom is -0.417 e. The summed E-state index contributed by atoms with van der Waals surface area (Å²) in [6, 6.07) is 12.2. The predicted octanol–water partition coefficient (Wildman–Crippen LogP) is 11.2. The van der Waals surface area contributed by atoms with Crippen LogP contribution >= 0.6 is 0 Å². The third-order valence-corrected chi connectivity index (χ3v) is 29.6. The van der Waals surface area contributed by atoms with Gasteiger partial charge in [0, 0.05) is 32.5 Å². The van der Waals surface area contributed by atoms with E-state index in [9.17, 15) is 8.42 Å². The molecule has 8 atom stereocenters. The van der Waals surface area contributed by atoms with Crippen molar-refractivity contribution < 1.29 is 35.9 Å². The number of hydrogen-bond acceptors (Lipinski definition) is 8. The molecule has 324 valence electrons. The minimum atomic E-state index is -3.65. The highest BCUT2D eigenvalue weighted by Crippen LogP contribution is 2.43. The Balaban J connectivity index is 1.92. The highest BCUT2D eigenvalue weighted by molar-refractivity contribution is 7.91. The summed E-state index contributed by atoms with van der Waals surface area (Å²) >= 11 is 0. The second kappa shape index (κ2) is 20.3. The first-order valence-electron chi connectivity index (χ1n) is 21.6. The molecule has 0 amide bonds. The molecule has 8 nitrogen and oxygen atoms in total. The lowest BCUT2D eigenvalue weighted by Crippen LogP contribution is -2.49. The van der Waals surface area contributed by atoms with E-state index in [4.69, 9.17) is 27.5 Å². The SMILES string of the molecule is C=C1[C@H](C)C[C@H](CCCO[Si](CC)(CC)CC)O[C@@H]1C[C@@H]1OC(CC(CO[Si](C)(C)C(C)(C)C)O[Si](C)(C)C(C)(C)C)[C@H](OC)[C@H]1CS(=O)(=O)c1ccccc1. The van der Waals surface area contributed by atoms with E-state index in [1.807, 2.05) is 6.07 Å². The van der Waals surface area contributed by atoms with Crippen molar-refractivity contribution in [1.82, 2.24) is 0 Å². The van der Waals surface area contributed by atoms with Gasteiger partial charge >= 0.3 is 0 Å². The van der Waals surface area contributed by atoms with Crippen LogP contribution in [0.25, 0.3) is 0 Å². The molecule has 0 bridgehead atoms. The Hall–Kier alpha value is -0.679. The van der Waals surface area contributed by atoms with Crippen LogP contribution in [0.1, 0.15) is 101 Å². The van der Waals surface area contributed by atoms with E-state index in [0.29, 0.717) is 24.3 Å². The first-order valence-corrected chi connectivity index (χ1v) is 31.6. The first kappa shape index (κ1) is 49.7. The third-order valence-electron chi connectivity index (χ3n) is 14.1. The van der Waals surface area contributed by atoms with Gasteiger partial charge in [0.25, 0.3) is 0 Å². The number of sulfone groups is 1. The van der Waals surface area contributed by atoms with Gasteiger partial charge in [-0.2, -0.15) is 0 Å². The van der Waals surface area contributed by atoms with E-state index in [1.54, 1.807) is 31.4 Å². The molecule has 2 aliphatic heterocycles. The number of ether oxygens (including phenoxy) is 3. The van der Waals surface area contributed by atoms with E-state index in [-0.39, 0.29) is 46.2 Å². The Bertz CT molecular complexity index is 1460. The molecule has 56 heavy (non-hydrogen) atoms. The fourth-order valence-electron chi connectivity index (χ4n) is 7.83. The van der Waals surface area contributed by atoms with Gasteiger partial charge < -0.3 is 27.5 Å². The van der Waals surface area contributed by atoms with Crippen LogP contribution in [-0.2, 0) is 37.3 Å². The summed E-state index contributed by atoms with van der Waals surface area (Å²) in [5.41, 5.74) is 1.06. The predicted molar refractivity (Wildman–Crippen MR) is 240 cm³/mol. The summed E-state index contributed by atoms with van der Waals surface area (Å²) < 4.78 is 68.9. The molecule has 0 spiro atoms. The first-order chi connectivity index (χ1) is 25.9. The molecule has 2 aliphatic rings. The average molecular weight is 855 g/mol. The fourth-order valence-corrected chi connectivity index (χ4v) is 14.6. The van der Waals surface area contributed by atoms with E-state index in [0.717, 1.165) is 49.6 Å². The van der Waals surface area contributed by atoms with Crippen LogP contribution in [0.3, 0.4) is 0 Å². The third kappa shape index (κ3) is 12.9. The van der Waals surface area contributed by atoms with Gasteiger partial charge in [0.1, 0.15) is 0 Å². The van der Waals surface area contributed by atoms with Crippen molar-refractivity contribution in [3.63, 3.8) is 0 Å². The van der Waals surface area contributed by atoms with Gasteiger partial charge in [0.05, 0.1) is 53.9 Å².